The average molecular weight is 378 g/mol. The molecule has 0 aliphatic carbocycles. The largest absolute Gasteiger partial charge is 0.361 e. The minimum Gasteiger partial charge on any atom is -0.361 e. The first-order valence-electron chi connectivity index (χ1n) is 9.33. The molecule has 1 saturated heterocycles. The molecular weight excluding hydrogens is 356 g/mol. The van der Waals surface area contributed by atoms with Crippen molar-refractivity contribution in [1.29, 1.82) is 0 Å². The van der Waals surface area contributed by atoms with E-state index in [9.17, 15) is 4.79 Å². The van der Waals surface area contributed by atoms with Crippen LogP contribution in [0.15, 0.2) is 29.3 Å². The summed E-state index contributed by atoms with van der Waals surface area (Å²) in [5.74, 6) is 1.04. The Balaban J connectivity index is 1.44. The molecule has 0 unspecified atom stereocenters. The highest BCUT2D eigenvalue weighted by Crippen LogP contribution is 2.27. The molecule has 3 aromatic rings. The maximum Gasteiger partial charge on any atom is 0.274 e. The molecule has 144 valence electrons. The number of carbonyl (C=O) groups excluding carboxylic acids is 1. The van der Waals surface area contributed by atoms with Gasteiger partial charge in [0, 0.05) is 25.0 Å². The van der Waals surface area contributed by atoms with Gasteiger partial charge in [-0.05, 0) is 45.6 Å². The highest BCUT2D eigenvalue weighted by atomic mass is 16.5. The highest BCUT2D eigenvalue weighted by molar-refractivity contribution is 5.92. The van der Waals surface area contributed by atoms with Gasteiger partial charge in [0.05, 0.1) is 28.8 Å². The molecule has 1 fully saturated rings. The van der Waals surface area contributed by atoms with Crippen molar-refractivity contribution < 1.29 is 9.32 Å². The van der Waals surface area contributed by atoms with Crippen molar-refractivity contribution in [3.8, 4) is 11.3 Å². The molecule has 8 heteroatoms. The second kappa shape index (κ2) is 7.46. The van der Waals surface area contributed by atoms with Gasteiger partial charge in [0.1, 0.15) is 17.8 Å². The Hall–Kier alpha value is -3.16. The Kier molecular flexibility index (Phi) is 4.85. The molecule has 1 aliphatic heterocycles. The van der Waals surface area contributed by atoms with Crippen LogP contribution in [0, 0.1) is 26.7 Å². The fourth-order valence-electron chi connectivity index (χ4n) is 3.64. The molecule has 1 atom stereocenters. The lowest BCUT2D eigenvalue weighted by molar-refractivity contribution is 0.0780. The summed E-state index contributed by atoms with van der Waals surface area (Å²) in [5.41, 5.74) is 4.72. The zero-order valence-corrected chi connectivity index (χ0v) is 16.2. The Morgan fingerprint density at radius 2 is 2.04 bits per heavy atom. The monoisotopic (exact) mass is 378 g/mol. The molecule has 0 N–H and O–H groups in total. The third kappa shape index (κ3) is 3.62. The van der Waals surface area contributed by atoms with Crippen LogP contribution in [-0.4, -0.2) is 49.0 Å². The van der Waals surface area contributed by atoms with Gasteiger partial charge in [0.25, 0.3) is 5.91 Å². The first-order valence-corrected chi connectivity index (χ1v) is 9.33. The first kappa shape index (κ1) is 18.2. The van der Waals surface area contributed by atoms with Crippen molar-refractivity contribution in [2.45, 2.75) is 33.6 Å². The number of rotatable bonds is 4. The van der Waals surface area contributed by atoms with Crippen molar-refractivity contribution in [2.24, 2.45) is 5.92 Å². The average Bonchev–Trinajstić information content (AvgIpc) is 3.28. The lowest BCUT2D eigenvalue weighted by Gasteiger charge is -2.16. The van der Waals surface area contributed by atoms with Crippen LogP contribution in [0.4, 0.5) is 0 Å². The maximum atomic E-state index is 12.6. The van der Waals surface area contributed by atoms with Crippen LogP contribution in [0.3, 0.4) is 0 Å². The molecule has 8 nitrogen and oxygen atoms in total. The second-order valence-electron chi connectivity index (χ2n) is 7.25. The van der Waals surface area contributed by atoms with Gasteiger partial charge in [0.15, 0.2) is 0 Å². The van der Waals surface area contributed by atoms with Gasteiger partial charge in [0.2, 0.25) is 0 Å². The summed E-state index contributed by atoms with van der Waals surface area (Å²) in [5, 5.41) is 4.00. The van der Waals surface area contributed by atoms with Crippen molar-refractivity contribution >= 4 is 5.91 Å². The lowest BCUT2D eigenvalue weighted by atomic mass is 10.0. The Morgan fingerprint density at radius 3 is 2.75 bits per heavy atom. The third-order valence-electron chi connectivity index (χ3n) is 5.08. The molecule has 4 rings (SSSR count). The first-order chi connectivity index (χ1) is 13.5. The van der Waals surface area contributed by atoms with Crippen molar-refractivity contribution in [1.82, 2.24) is 30.0 Å². The molecular formula is C20H22N6O2. The van der Waals surface area contributed by atoms with Crippen LogP contribution in [0.25, 0.3) is 11.3 Å². The Bertz CT molecular complexity index is 979. The summed E-state index contributed by atoms with van der Waals surface area (Å²) < 4.78 is 5.25. The van der Waals surface area contributed by atoms with E-state index in [-0.39, 0.29) is 5.91 Å². The van der Waals surface area contributed by atoms with Crippen molar-refractivity contribution in [2.75, 3.05) is 13.1 Å². The van der Waals surface area contributed by atoms with Crippen LogP contribution in [0.2, 0.25) is 0 Å². The van der Waals surface area contributed by atoms with Crippen LogP contribution in [-0.2, 0) is 6.42 Å². The molecule has 1 aliphatic rings. The fourth-order valence-corrected chi connectivity index (χ4v) is 3.64. The topological polar surface area (TPSA) is 97.9 Å². The van der Waals surface area contributed by atoms with Crippen LogP contribution < -0.4 is 0 Å². The number of hydrogen-bond donors (Lipinski definition) is 0. The van der Waals surface area contributed by atoms with Crippen molar-refractivity contribution in [3.63, 3.8) is 0 Å². The molecule has 1 amide bonds. The normalized spacial score (nSPS) is 16.5. The number of aryl methyl sites for hydroxylation is 3. The summed E-state index contributed by atoms with van der Waals surface area (Å²) in [4.78, 5) is 31.6. The zero-order chi connectivity index (χ0) is 19.7. The predicted molar refractivity (Wildman–Crippen MR) is 101 cm³/mol. The minimum atomic E-state index is -0.0610. The Morgan fingerprint density at radius 1 is 1.18 bits per heavy atom. The smallest absolute Gasteiger partial charge is 0.274 e. The molecule has 0 bridgehead atoms. The quantitative estimate of drug-likeness (QED) is 0.688. The van der Waals surface area contributed by atoms with Gasteiger partial charge in [-0.2, -0.15) is 0 Å². The molecule has 0 saturated carbocycles. The summed E-state index contributed by atoms with van der Waals surface area (Å²) in [6, 6.07) is 1.99. The number of hydrogen-bond acceptors (Lipinski definition) is 7. The molecule has 4 heterocycles. The van der Waals surface area contributed by atoms with E-state index < -0.39 is 0 Å². The van der Waals surface area contributed by atoms with E-state index in [1.807, 2.05) is 31.7 Å². The van der Waals surface area contributed by atoms with Crippen molar-refractivity contribution in [3.05, 3.63) is 53.3 Å². The van der Waals surface area contributed by atoms with Gasteiger partial charge in [-0.1, -0.05) is 5.16 Å². The van der Waals surface area contributed by atoms with E-state index in [0.29, 0.717) is 18.2 Å². The number of carbonyl (C=O) groups is 1. The third-order valence-corrected chi connectivity index (χ3v) is 5.08. The number of aromatic nitrogens is 5. The molecule has 0 radical (unpaired) electrons. The molecule has 3 aromatic heterocycles. The zero-order valence-electron chi connectivity index (χ0n) is 16.2. The fraction of sp³-hybridized carbons (Fsp3) is 0.400. The SMILES string of the molecule is Cc1cnc(C(=O)N2CC[C@@H](Cc3cc(-c4c(C)noc4C)ncn3)C2)cn1. The van der Waals surface area contributed by atoms with E-state index in [4.69, 9.17) is 4.52 Å². The number of likely N-dealkylation sites (tertiary alicyclic amines) is 1. The van der Waals surface area contributed by atoms with Crippen LogP contribution in [0.1, 0.15) is 39.8 Å². The standard InChI is InChI=1S/C20H22N6O2/c1-12-8-22-18(9-21-12)20(27)26-5-4-15(10-26)6-16-7-17(24-11-23-16)19-13(2)25-28-14(19)3/h7-9,11,15H,4-6,10H2,1-3H3/t15-/m0/s1. The van der Waals surface area contributed by atoms with Gasteiger partial charge < -0.3 is 9.42 Å². The van der Waals surface area contributed by atoms with Gasteiger partial charge in [-0.3, -0.25) is 9.78 Å². The molecule has 28 heavy (non-hydrogen) atoms. The van der Waals surface area contributed by atoms with Crippen LogP contribution >= 0.6 is 0 Å². The molecule has 0 aromatic carbocycles. The van der Waals surface area contributed by atoms with Gasteiger partial charge in [-0.15, -0.1) is 0 Å². The van der Waals surface area contributed by atoms with Gasteiger partial charge >= 0.3 is 0 Å². The molecule has 0 spiro atoms. The summed E-state index contributed by atoms with van der Waals surface area (Å²) in [6.45, 7) is 7.05. The van der Waals surface area contributed by atoms with Crippen LogP contribution in [0.5, 0.6) is 0 Å². The van der Waals surface area contributed by atoms with E-state index in [1.54, 1.807) is 18.7 Å². The summed E-state index contributed by atoms with van der Waals surface area (Å²) >= 11 is 0. The maximum absolute atomic E-state index is 12.6. The second-order valence-corrected chi connectivity index (χ2v) is 7.25. The van der Waals surface area contributed by atoms with E-state index in [0.717, 1.165) is 53.5 Å². The van der Waals surface area contributed by atoms with E-state index in [2.05, 4.69) is 25.1 Å². The summed E-state index contributed by atoms with van der Waals surface area (Å²) in [7, 11) is 0. The van der Waals surface area contributed by atoms with E-state index in [1.165, 1.54) is 0 Å². The van der Waals surface area contributed by atoms with Gasteiger partial charge in [-0.25, -0.2) is 15.0 Å². The van der Waals surface area contributed by atoms with E-state index >= 15 is 0 Å². The number of amides is 1. The lowest BCUT2D eigenvalue weighted by Crippen LogP contribution is -2.29. The predicted octanol–water partition coefficient (Wildman–Crippen LogP) is 2.55. The highest BCUT2D eigenvalue weighted by Gasteiger charge is 2.28. The summed E-state index contributed by atoms with van der Waals surface area (Å²) in [6.07, 6.45) is 6.48. The number of nitrogens with zero attached hydrogens (tertiary/aromatic N) is 6. The Labute approximate surface area is 163 Å². The minimum absolute atomic E-state index is 0.0610.